The maximum absolute atomic E-state index is 15.2. The fraction of sp³-hybridized carbons (Fsp3) is 0.536. The van der Waals surface area contributed by atoms with Crippen LogP contribution in [-0.4, -0.2) is 83.3 Å². The first kappa shape index (κ1) is 32.2. The maximum atomic E-state index is 15.2. The summed E-state index contributed by atoms with van der Waals surface area (Å²) in [7, 11) is -2.89. The van der Waals surface area contributed by atoms with Gasteiger partial charge in [-0.25, -0.2) is 18.5 Å². The van der Waals surface area contributed by atoms with Crippen LogP contribution in [0.1, 0.15) is 39.5 Å². The number of nitrogens with zero attached hydrogens (tertiary/aromatic N) is 3. The molecular formula is C28H37FN5O9P. The molecule has 3 N–H and O–H groups in total. The monoisotopic (exact) mass is 637 g/mol. The molecule has 5 rings (SSSR count). The number of aromatic nitrogens is 3. The van der Waals surface area contributed by atoms with Crippen LogP contribution in [0.2, 0.25) is 0 Å². The Hall–Kier alpha value is -3.17. The summed E-state index contributed by atoms with van der Waals surface area (Å²) >= 11 is 0. The fourth-order valence-electron chi connectivity index (χ4n) is 5.07. The summed E-state index contributed by atoms with van der Waals surface area (Å²) < 4.78 is 71.6. The van der Waals surface area contributed by atoms with Crippen molar-refractivity contribution in [3.8, 4) is 5.75 Å². The van der Waals surface area contributed by atoms with Gasteiger partial charge in [0.1, 0.15) is 60.8 Å². The Bertz CT molecular complexity index is 1510. The normalized spacial score (nSPS) is 27.0. The molecule has 1 aromatic carbocycles. The Morgan fingerprint density at radius 3 is 2.64 bits per heavy atom. The molecule has 2 aromatic heterocycles. The highest BCUT2D eigenvalue weighted by molar-refractivity contribution is 7.52. The molecule has 7 atom stereocenters. The minimum absolute atomic E-state index is 0.0204. The number of hydrogen-bond acceptors (Lipinski definition) is 12. The molecule has 16 heteroatoms. The molecule has 0 spiro atoms. The second-order valence-electron chi connectivity index (χ2n) is 11.2. The zero-order valence-corrected chi connectivity index (χ0v) is 25.9. The molecule has 14 nitrogen and oxygen atoms in total. The van der Waals surface area contributed by atoms with E-state index in [1.54, 1.807) is 63.2 Å². The van der Waals surface area contributed by atoms with Gasteiger partial charge in [0.15, 0.2) is 11.6 Å². The van der Waals surface area contributed by atoms with Gasteiger partial charge in [0, 0.05) is 7.11 Å². The first-order chi connectivity index (χ1) is 20.9. The lowest BCUT2D eigenvalue weighted by Crippen LogP contribution is -2.49. The van der Waals surface area contributed by atoms with Crippen LogP contribution < -0.4 is 15.3 Å². The van der Waals surface area contributed by atoms with E-state index in [0.717, 1.165) is 0 Å². The first-order valence-corrected chi connectivity index (χ1v) is 15.6. The van der Waals surface area contributed by atoms with Crippen molar-refractivity contribution in [3.63, 3.8) is 0 Å². The lowest BCUT2D eigenvalue weighted by molar-refractivity contribution is -0.219. The molecule has 0 saturated carbocycles. The Balaban J connectivity index is 1.42. The minimum atomic E-state index is -4.38. The number of para-hydroxylation sites is 1. The summed E-state index contributed by atoms with van der Waals surface area (Å²) in [5, 5.41) is 6.89. The van der Waals surface area contributed by atoms with Crippen LogP contribution in [0.3, 0.4) is 0 Å². The zero-order valence-electron chi connectivity index (χ0n) is 25.0. The number of methoxy groups -OCH3 is 1. The van der Waals surface area contributed by atoms with E-state index in [0.29, 0.717) is 11.2 Å². The molecule has 2 saturated heterocycles. The zero-order chi connectivity index (χ0) is 31.7. The van der Waals surface area contributed by atoms with E-state index >= 15 is 4.39 Å². The van der Waals surface area contributed by atoms with Gasteiger partial charge in [-0.05, 0) is 52.0 Å². The van der Waals surface area contributed by atoms with Crippen LogP contribution in [0.5, 0.6) is 5.75 Å². The molecule has 2 aliphatic heterocycles. The number of carbonyl (C=O) groups excluding carboxylic acids is 1. The van der Waals surface area contributed by atoms with E-state index in [-0.39, 0.29) is 24.3 Å². The largest absolute Gasteiger partial charge is 0.462 e. The molecule has 0 radical (unpaired) electrons. The van der Waals surface area contributed by atoms with Gasteiger partial charge < -0.3 is 33.9 Å². The van der Waals surface area contributed by atoms with Crippen LogP contribution in [0, 0.1) is 0 Å². The van der Waals surface area contributed by atoms with Gasteiger partial charge in [-0.15, -0.1) is 0 Å². The highest BCUT2D eigenvalue weighted by atomic mass is 31.2. The quantitative estimate of drug-likeness (QED) is 0.207. The Morgan fingerprint density at radius 1 is 1.18 bits per heavy atom. The third kappa shape index (κ3) is 6.59. The number of alkyl halides is 1. The molecule has 3 aromatic rings. The number of fused-ring (bicyclic) bond motifs is 2. The topological polar surface area (TPSA) is 167 Å². The standard InChI is InChI=1S/C28H37FN5O9P/c1-17(37-5)13-38-26(35)18(2)33-44(36,43-19-9-7-6-8-10-19)39-15-28(14-29)24-23(40-27(3,4)42-24)22(41-28)20-11-12-21-25(30)31-16-32-34(20)21/h6-12,16-18,22-24H,13-15H2,1-5H3,(H,33,36)(H2,30,31,32)/t17-,18+,22+,23+,24+,28-,44?/m1/s1. The van der Waals surface area contributed by atoms with E-state index in [1.165, 1.54) is 24.9 Å². The number of carbonyl (C=O) groups is 1. The van der Waals surface area contributed by atoms with E-state index in [1.807, 2.05) is 0 Å². The highest BCUT2D eigenvalue weighted by Crippen LogP contribution is 2.53. The number of halogens is 1. The minimum Gasteiger partial charge on any atom is -0.462 e. The number of nitrogens with two attached hydrogens (primary N) is 1. The van der Waals surface area contributed by atoms with Gasteiger partial charge in [-0.1, -0.05) is 18.2 Å². The Kier molecular flexibility index (Phi) is 9.29. The van der Waals surface area contributed by atoms with Crippen molar-refractivity contribution in [2.24, 2.45) is 0 Å². The summed E-state index contributed by atoms with van der Waals surface area (Å²) in [6.45, 7) is 4.85. The number of benzene rings is 1. The van der Waals surface area contributed by atoms with Gasteiger partial charge in [0.2, 0.25) is 0 Å². The molecule has 2 aliphatic rings. The van der Waals surface area contributed by atoms with Gasteiger partial charge in [-0.3, -0.25) is 9.32 Å². The molecule has 0 aliphatic carbocycles. The summed E-state index contributed by atoms with van der Waals surface area (Å²) in [6, 6.07) is 10.5. The molecule has 4 heterocycles. The lowest BCUT2D eigenvalue weighted by Gasteiger charge is -2.33. The second kappa shape index (κ2) is 12.7. The third-order valence-corrected chi connectivity index (χ3v) is 8.98. The Labute approximate surface area is 253 Å². The van der Waals surface area contributed by atoms with Crippen molar-refractivity contribution in [2.45, 2.75) is 69.5 Å². The van der Waals surface area contributed by atoms with Crippen LogP contribution in [0.4, 0.5) is 10.2 Å². The summed E-state index contributed by atoms with van der Waals surface area (Å²) in [6.07, 6.45) is -1.71. The predicted octanol–water partition coefficient (Wildman–Crippen LogP) is 3.37. The Morgan fingerprint density at radius 2 is 1.93 bits per heavy atom. The third-order valence-electron chi connectivity index (χ3n) is 7.35. The molecule has 240 valence electrons. The number of nitrogen functional groups attached to an aromatic ring is 1. The summed E-state index contributed by atoms with van der Waals surface area (Å²) in [5.41, 5.74) is 5.27. The van der Waals surface area contributed by atoms with Crippen molar-refractivity contribution in [2.75, 3.05) is 32.7 Å². The number of ether oxygens (including phenoxy) is 5. The van der Waals surface area contributed by atoms with Crippen molar-refractivity contribution < 1.29 is 46.5 Å². The molecule has 44 heavy (non-hydrogen) atoms. The SMILES string of the molecule is CO[C@H](C)COC(=O)[C@H](C)NP(=O)(OC[C@@]1(CF)O[C@@H](c2ccc3c(N)ncnn23)[C@@H]2OC(C)(C)O[C@@H]21)Oc1ccccc1. The average Bonchev–Trinajstić information content (AvgIpc) is 3.65. The number of anilines is 1. The summed E-state index contributed by atoms with van der Waals surface area (Å²) in [5.74, 6) is -1.38. The lowest BCUT2D eigenvalue weighted by atomic mass is 9.96. The smallest absolute Gasteiger partial charge is 0.459 e. The molecule has 0 bridgehead atoms. The van der Waals surface area contributed by atoms with Crippen molar-refractivity contribution in [1.82, 2.24) is 19.7 Å². The van der Waals surface area contributed by atoms with Gasteiger partial charge in [0.25, 0.3) is 0 Å². The molecular weight excluding hydrogens is 600 g/mol. The van der Waals surface area contributed by atoms with E-state index < -0.39 is 62.7 Å². The van der Waals surface area contributed by atoms with E-state index in [9.17, 15) is 9.36 Å². The molecule has 0 amide bonds. The number of nitrogens with one attached hydrogen (secondary N) is 1. The van der Waals surface area contributed by atoms with Gasteiger partial charge >= 0.3 is 13.7 Å². The molecule has 1 unspecified atom stereocenters. The van der Waals surface area contributed by atoms with E-state index in [4.69, 9.17) is 38.5 Å². The number of rotatable bonds is 13. The summed E-state index contributed by atoms with van der Waals surface area (Å²) in [4.78, 5) is 16.7. The maximum Gasteiger partial charge on any atom is 0.459 e. The van der Waals surface area contributed by atoms with Gasteiger partial charge in [0.05, 0.1) is 18.4 Å². The highest BCUT2D eigenvalue weighted by Gasteiger charge is 2.64. The first-order valence-electron chi connectivity index (χ1n) is 14.0. The number of hydrogen-bond donors (Lipinski definition) is 2. The van der Waals surface area contributed by atoms with Crippen LogP contribution in [0.25, 0.3) is 5.52 Å². The van der Waals surface area contributed by atoms with Crippen LogP contribution in [-0.2, 0) is 37.6 Å². The van der Waals surface area contributed by atoms with Crippen molar-refractivity contribution in [3.05, 3.63) is 54.5 Å². The number of esters is 1. The predicted molar refractivity (Wildman–Crippen MR) is 154 cm³/mol. The van der Waals surface area contributed by atoms with Crippen molar-refractivity contribution >= 4 is 25.1 Å². The van der Waals surface area contributed by atoms with Gasteiger partial charge in [-0.2, -0.15) is 10.2 Å². The van der Waals surface area contributed by atoms with Crippen LogP contribution >= 0.6 is 7.75 Å². The van der Waals surface area contributed by atoms with Crippen molar-refractivity contribution in [1.29, 1.82) is 0 Å². The fourth-order valence-corrected chi connectivity index (χ4v) is 6.62. The average molecular weight is 638 g/mol. The van der Waals surface area contributed by atoms with E-state index in [2.05, 4.69) is 15.2 Å². The second-order valence-corrected chi connectivity index (χ2v) is 12.9. The molecule has 2 fully saturated rings. The van der Waals surface area contributed by atoms with Crippen LogP contribution in [0.15, 0.2) is 48.8 Å².